The molecule has 0 aliphatic carbocycles. The Labute approximate surface area is 179 Å². The molecule has 0 fully saturated rings. The largest absolute Gasteiger partial charge is 0.497 e. The number of nitrogens with zero attached hydrogens (tertiary/aromatic N) is 6. The van der Waals surface area contributed by atoms with E-state index in [1.54, 1.807) is 30.3 Å². The van der Waals surface area contributed by atoms with Crippen LogP contribution in [0.1, 0.15) is 23.1 Å². The average molecular weight is 417 g/mol. The second kappa shape index (κ2) is 9.21. The zero-order chi connectivity index (χ0) is 21.6. The van der Waals surface area contributed by atoms with E-state index in [0.29, 0.717) is 30.9 Å². The van der Waals surface area contributed by atoms with Gasteiger partial charge in [0.25, 0.3) is 5.91 Å². The second-order valence-corrected chi connectivity index (χ2v) is 6.78. The first-order valence-electron chi connectivity index (χ1n) is 10.0. The van der Waals surface area contributed by atoms with Crippen molar-refractivity contribution in [3.8, 4) is 22.8 Å². The van der Waals surface area contributed by atoms with Crippen molar-refractivity contribution in [1.29, 1.82) is 0 Å². The monoisotopic (exact) mass is 417 g/mol. The molecule has 0 radical (unpaired) electrons. The van der Waals surface area contributed by atoms with Crippen LogP contribution in [0.5, 0.6) is 5.75 Å². The van der Waals surface area contributed by atoms with E-state index < -0.39 is 0 Å². The molecule has 1 amide bonds. The molecule has 4 aromatic rings. The second-order valence-electron chi connectivity index (χ2n) is 6.78. The molecule has 0 bridgehead atoms. The first-order chi connectivity index (χ1) is 15.2. The Morgan fingerprint density at radius 1 is 1.10 bits per heavy atom. The number of carbonyl (C=O) groups is 1. The van der Waals surface area contributed by atoms with Crippen LogP contribution in [0.4, 0.5) is 0 Å². The van der Waals surface area contributed by atoms with Gasteiger partial charge in [0.15, 0.2) is 11.6 Å². The van der Waals surface area contributed by atoms with Gasteiger partial charge >= 0.3 is 0 Å². The summed E-state index contributed by atoms with van der Waals surface area (Å²) in [5, 5.41) is 15.6. The van der Waals surface area contributed by atoms with Crippen LogP contribution in [0.2, 0.25) is 0 Å². The van der Waals surface area contributed by atoms with Gasteiger partial charge < -0.3 is 10.1 Å². The Kier molecular flexibility index (Phi) is 6.02. The first-order valence-corrected chi connectivity index (χ1v) is 10.0. The number of methoxy groups -OCH3 is 1. The smallest absolute Gasteiger partial charge is 0.251 e. The number of benzene rings is 2. The molecule has 9 heteroatoms. The summed E-state index contributed by atoms with van der Waals surface area (Å²) in [6, 6.07) is 15.0. The van der Waals surface area contributed by atoms with Crippen LogP contribution in [-0.2, 0) is 13.0 Å². The lowest BCUT2D eigenvalue weighted by Gasteiger charge is -2.09. The molecule has 0 spiro atoms. The predicted octanol–water partition coefficient (Wildman–Crippen LogP) is 2.53. The number of ether oxygens (including phenoxy) is 1. The van der Waals surface area contributed by atoms with Crippen molar-refractivity contribution in [3.05, 3.63) is 72.3 Å². The average Bonchev–Trinajstić information content (AvgIpc) is 3.49. The predicted molar refractivity (Wildman–Crippen MR) is 115 cm³/mol. The lowest BCUT2D eigenvalue weighted by atomic mass is 10.1. The van der Waals surface area contributed by atoms with E-state index in [1.165, 1.54) is 4.80 Å². The SMILES string of the molecule is CCc1nc(-c2ccc(OC)cc2)n(-c2cccc(C(=O)NCCn3nccn3)c2)n1. The Balaban J connectivity index is 1.57. The molecule has 2 aromatic heterocycles. The van der Waals surface area contributed by atoms with Crippen molar-refractivity contribution in [1.82, 2.24) is 35.1 Å². The summed E-state index contributed by atoms with van der Waals surface area (Å²) in [5.41, 5.74) is 2.22. The number of carbonyl (C=O) groups excluding carboxylic acids is 1. The van der Waals surface area contributed by atoms with Crippen LogP contribution < -0.4 is 10.1 Å². The Morgan fingerprint density at radius 3 is 2.58 bits per heavy atom. The number of aryl methyl sites for hydroxylation is 1. The van der Waals surface area contributed by atoms with Gasteiger partial charge in [-0.25, -0.2) is 9.67 Å². The van der Waals surface area contributed by atoms with Gasteiger partial charge in [-0.05, 0) is 42.5 Å². The molecular weight excluding hydrogens is 394 g/mol. The van der Waals surface area contributed by atoms with Gasteiger partial charge in [-0.2, -0.15) is 20.1 Å². The summed E-state index contributed by atoms with van der Waals surface area (Å²) in [6.45, 7) is 2.94. The van der Waals surface area contributed by atoms with Crippen molar-refractivity contribution >= 4 is 5.91 Å². The molecule has 0 aliphatic rings. The van der Waals surface area contributed by atoms with Gasteiger partial charge in [0.1, 0.15) is 5.75 Å². The van der Waals surface area contributed by atoms with E-state index in [2.05, 4.69) is 25.6 Å². The normalized spacial score (nSPS) is 10.8. The maximum Gasteiger partial charge on any atom is 0.251 e. The molecule has 0 unspecified atom stereocenters. The highest BCUT2D eigenvalue weighted by atomic mass is 16.5. The summed E-state index contributed by atoms with van der Waals surface area (Å²) in [5.74, 6) is 2.04. The molecule has 9 nitrogen and oxygen atoms in total. The number of rotatable bonds is 8. The molecule has 0 saturated carbocycles. The van der Waals surface area contributed by atoms with Gasteiger partial charge in [-0.1, -0.05) is 13.0 Å². The molecule has 0 saturated heterocycles. The summed E-state index contributed by atoms with van der Waals surface area (Å²) >= 11 is 0. The summed E-state index contributed by atoms with van der Waals surface area (Å²) in [7, 11) is 1.63. The highest BCUT2D eigenvalue weighted by Gasteiger charge is 2.15. The van der Waals surface area contributed by atoms with E-state index in [1.807, 2.05) is 49.4 Å². The fourth-order valence-corrected chi connectivity index (χ4v) is 3.12. The lowest BCUT2D eigenvalue weighted by Crippen LogP contribution is -2.27. The number of amides is 1. The minimum Gasteiger partial charge on any atom is -0.497 e. The molecule has 4 rings (SSSR count). The van der Waals surface area contributed by atoms with E-state index >= 15 is 0 Å². The van der Waals surface area contributed by atoms with Crippen LogP contribution in [-0.4, -0.2) is 49.3 Å². The number of nitrogens with one attached hydrogen (secondary N) is 1. The molecule has 31 heavy (non-hydrogen) atoms. The van der Waals surface area contributed by atoms with E-state index in [9.17, 15) is 4.79 Å². The third-order valence-electron chi connectivity index (χ3n) is 4.73. The van der Waals surface area contributed by atoms with Gasteiger partial charge in [-0.15, -0.1) is 0 Å². The molecule has 0 atom stereocenters. The third-order valence-corrected chi connectivity index (χ3v) is 4.73. The third kappa shape index (κ3) is 4.61. The fourth-order valence-electron chi connectivity index (χ4n) is 3.12. The van der Waals surface area contributed by atoms with Crippen LogP contribution in [0.25, 0.3) is 17.1 Å². The standard InChI is InChI=1S/C22H23N7O2/c1-3-20-26-21(16-7-9-19(31-2)10-8-16)29(27-20)18-6-4-5-17(15-18)22(30)23-13-14-28-24-11-12-25-28/h4-12,15H,3,13-14H2,1-2H3,(H,23,30). The van der Waals surface area contributed by atoms with Gasteiger partial charge in [0, 0.05) is 24.1 Å². The Bertz CT molecular complexity index is 1150. The molecule has 158 valence electrons. The first kappa shape index (κ1) is 20.3. The van der Waals surface area contributed by atoms with Crippen molar-refractivity contribution in [2.24, 2.45) is 0 Å². The van der Waals surface area contributed by atoms with E-state index in [0.717, 1.165) is 22.8 Å². The highest BCUT2D eigenvalue weighted by molar-refractivity contribution is 5.94. The topological polar surface area (TPSA) is 99.8 Å². The van der Waals surface area contributed by atoms with Gasteiger partial charge in [-0.3, -0.25) is 4.79 Å². The zero-order valence-corrected chi connectivity index (χ0v) is 17.4. The molecule has 2 aromatic carbocycles. The molecule has 0 aliphatic heterocycles. The Hall–Kier alpha value is -4.01. The van der Waals surface area contributed by atoms with Crippen molar-refractivity contribution in [2.75, 3.05) is 13.7 Å². The lowest BCUT2D eigenvalue weighted by molar-refractivity contribution is 0.0951. The van der Waals surface area contributed by atoms with Crippen molar-refractivity contribution < 1.29 is 9.53 Å². The number of hydrogen-bond donors (Lipinski definition) is 1. The fraction of sp³-hybridized carbons (Fsp3) is 0.227. The summed E-state index contributed by atoms with van der Waals surface area (Å²) in [4.78, 5) is 18.8. The maximum atomic E-state index is 12.6. The zero-order valence-electron chi connectivity index (χ0n) is 17.4. The minimum absolute atomic E-state index is 0.171. The molecule has 1 N–H and O–H groups in total. The van der Waals surface area contributed by atoms with E-state index in [4.69, 9.17) is 4.74 Å². The van der Waals surface area contributed by atoms with Gasteiger partial charge in [0.2, 0.25) is 0 Å². The van der Waals surface area contributed by atoms with Crippen molar-refractivity contribution in [3.63, 3.8) is 0 Å². The minimum atomic E-state index is -0.171. The quantitative estimate of drug-likeness (QED) is 0.473. The summed E-state index contributed by atoms with van der Waals surface area (Å²) in [6.07, 6.45) is 3.92. The van der Waals surface area contributed by atoms with Gasteiger partial charge in [0.05, 0.1) is 31.7 Å². The number of hydrogen-bond acceptors (Lipinski definition) is 6. The van der Waals surface area contributed by atoms with Crippen LogP contribution >= 0.6 is 0 Å². The molecule has 2 heterocycles. The maximum absolute atomic E-state index is 12.6. The van der Waals surface area contributed by atoms with Crippen LogP contribution in [0, 0.1) is 0 Å². The van der Waals surface area contributed by atoms with Crippen LogP contribution in [0.15, 0.2) is 60.9 Å². The van der Waals surface area contributed by atoms with Crippen LogP contribution in [0.3, 0.4) is 0 Å². The van der Waals surface area contributed by atoms with Crippen molar-refractivity contribution in [2.45, 2.75) is 19.9 Å². The van der Waals surface area contributed by atoms with E-state index in [-0.39, 0.29) is 5.91 Å². The molecular formula is C22H23N7O2. The highest BCUT2D eigenvalue weighted by Crippen LogP contribution is 2.24. The Morgan fingerprint density at radius 2 is 1.87 bits per heavy atom. The number of aromatic nitrogens is 6. The summed E-state index contributed by atoms with van der Waals surface area (Å²) < 4.78 is 7.02.